The van der Waals surface area contributed by atoms with Crippen LogP contribution in [0.15, 0.2) is 18.2 Å². The highest BCUT2D eigenvalue weighted by Crippen LogP contribution is 2.22. The highest BCUT2D eigenvalue weighted by molar-refractivity contribution is 7.99. The van der Waals surface area contributed by atoms with E-state index in [2.05, 4.69) is 5.32 Å². The molecule has 2 rings (SSSR count). The molecule has 1 fully saturated rings. The summed E-state index contributed by atoms with van der Waals surface area (Å²) in [7, 11) is 1.55. The maximum absolute atomic E-state index is 12.1. The molecule has 17 heavy (non-hydrogen) atoms. The number of hydrogen-bond donors (Lipinski definition) is 2. The van der Waals surface area contributed by atoms with E-state index >= 15 is 0 Å². The van der Waals surface area contributed by atoms with Gasteiger partial charge in [0.25, 0.3) is 5.91 Å². The molecule has 0 bridgehead atoms. The van der Waals surface area contributed by atoms with Crippen molar-refractivity contribution in [2.45, 2.75) is 12.5 Å². The minimum Gasteiger partial charge on any atom is -0.496 e. The van der Waals surface area contributed by atoms with Crippen molar-refractivity contribution in [3.63, 3.8) is 0 Å². The van der Waals surface area contributed by atoms with Crippen LogP contribution in [0.5, 0.6) is 5.75 Å². The molecule has 0 aliphatic carbocycles. The van der Waals surface area contributed by atoms with E-state index in [1.165, 1.54) is 0 Å². The van der Waals surface area contributed by atoms with E-state index in [1.54, 1.807) is 25.3 Å². The number of hydrogen-bond acceptors (Lipinski definition) is 4. The molecule has 0 radical (unpaired) electrons. The van der Waals surface area contributed by atoms with Gasteiger partial charge in [-0.15, -0.1) is 0 Å². The second-order valence-electron chi connectivity index (χ2n) is 3.99. The molecule has 1 unspecified atom stereocenters. The number of nitrogens with two attached hydrogens (primary N) is 1. The largest absolute Gasteiger partial charge is 0.496 e. The van der Waals surface area contributed by atoms with Crippen LogP contribution < -0.4 is 15.8 Å². The van der Waals surface area contributed by atoms with Gasteiger partial charge < -0.3 is 15.8 Å². The molecule has 5 heteroatoms. The van der Waals surface area contributed by atoms with Crippen molar-refractivity contribution >= 4 is 23.4 Å². The van der Waals surface area contributed by atoms with Gasteiger partial charge >= 0.3 is 0 Å². The molecule has 4 nitrogen and oxygen atoms in total. The van der Waals surface area contributed by atoms with E-state index in [0.29, 0.717) is 17.0 Å². The fraction of sp³-hybridized carbons (Fsp3) is 0.417. The normalized spacial score (nSPS) is 19.0. The maximum Gasteiger partial charge on any atom is 0.255 e. The number of methoxy groups -OCH3 is 1. The summed E-state index contributed by atoms with van der Waals surface area (Å²) in [6, 6.07) is 5.35. The van der Waals surface area contributed by atoms with Crippen molar-refractivity contribution in [1.82, 2.24) is 5.32 Å². The lowest BCUT2D eigenvalue weighted by molar-refractivity contribution is 0.0938. The van der Waals surface area contributed by atoms with E-state index in [9.17, 15) is 4.79 Å². The van der Waals surface area contributed by atoms with Gasteiger partial charge in [0.1, 0.15) is 5.75 Å². The zero-order valence-electron chi connectivity index (χ0n) is 9.73. The lowest BCUT2D eigenvalue weighted by atomic mass is 10.1. The Labute approximate surface area is 105 Å². The molecule has 1 heterocycles. The Balaban J connectivity index is 2.14. The molecule has 3 N–H and O–H groups in total. The van der Waals surface area contributed by atoms with Crippen LogP contribution in [0.3, 0.4) is 0 Å². The average molecular weight is 252 g/mol. The lowest BCUT2D eigenvalue weighted by Gasteiger charge is -2.13. The van der Waals surface area contributed by atoms with Crippen LogP contribution in [0.25, 0.3) is 0 Å². The molecular weight excluding hydrogens is 236 g/mol. The Bertz CT molecular complexity index is 417. The molecule has 92 valence electrons. The molecule has 1 aliphatic rings. The molecule has 1 aromatic carbocycles. The third-order valence-corrected chi connectivity index (χ3v) is 3.90. The second kappa shape index (κ2) is 5.31. The highest BCUT2D eigenvalue weighted by atomic mass is 32.2. The molecule has 1 aliphatic heterocycles. The van der Waals surface area contributed by atoms with Gasteiger partial charge in [0.05, 0.1) is 12.7 Å². The molecule has 1 amide bonds. The number of benzene rings is 1. The van der Waals surface area contributed by atoms with Gasteiger partial charge in [-0.1, -0.05) is 0 Å². The summed E-state index contributed by atoms with van der Waals surface area (Å²) in [4.78, 5) is 12.1. The Hall–Kier alpha value is -1.36. The van der Waals surface area contributed by atoms with E-state index < -0.39 is 0 Å². The first-order valence-electron chi connectivity index (χ1n) is 5.53. The summed E-state index contributed by atoms with van der Waals surface area (Å²) in [6.07, 6.45) is 1.03. The van der Waals surface area contributed by atoms with Crippen LogP contribution in [0.4, 0.5) is 5.69 Å². The molecular formula is C12H16N2O2S. The summed E-state index contributed by atoms with van der Waals surface area (Å²) in [6.45, 7) is 0. The third-order valence-electron chi connectivity index (χ3n) is 2.73. The van der Waals surface area contributed by atoms with Crippen LogP contribution in [-0.2, 0) is 0 Å². The Morgan fingerprint density at radius 3 is 3.06 bits per heavy atom. The van der Waals surface area contributed by atoms with Crippen molar-refractivity contribution in [3.8, 4) is 5.75 Å². The SMILES string of the molecule is COc1ccc(N)cc1C(=O)NC1CCSC1. The molecule has 0 spiro atoms. The van der Waals surface area contributed by atoms with Crippen LogP contribution in [-0.4, -0.2) is 30.6 Å². The number of carbonyl (C=O) groups excluding carboxylic acids is 1. The Morgan fingerprint density at radius 1 is 1.59 bits per heavy atom. The summed E-state index contributed by atoms with van der Waals surface area (Å²) >= 11 is 1.86. The van der Waals surface area contributed by atoms with E-state index in [-0.39, 0.29) is 11.9 Å². The minimum absolute atomic E-state index is 0.110. The standard InChI is InChI=1S/C12H16N2O2S/c1-16-11-3-2-8(13)6-10(11)12(15)14-9-4-5-17-7-9/h2-3,6,9H,4-5,7,13H2,1H3,(H,14,15). The summed E-state index contributed by atoms with van der Waals surface area (Å²) in [5, 5.41) is 3.00. The maximum atomic E-state index is 12.1. The lowest BCUT2D eigenvalue weighted by Crippen LogP contribution is -2.34. The van der Waals surface area contributed by atoms with Gasteiger partial charge in [0.15, 0.2) is 0 Å². The van der Waals surface area contributed by atoms with Gasteiger partial charge in [-0.2, -0.15) is 11.8 Å². The van der Waals surface area contributed by atoms with Crippen molar-refractivity contribution in [3.05, 3.63) is 23.8 Å². The molecule has 0 aromatic heterocycles. The van der Waals surface area contributed by atoms with Crippen LogP contribution in [0.1, 0.15) is 16.8 Å². The van der Waals surface area contributed by atoms with Gasteiger partial charge in [0, 0.05) is 17.5 Å². The van der Waals surface area contributed by atoms with Crippen LogP contribution >= 0.6 is 11.8 Å². The molecule has 1 saturated heterocycles. The Morgan fingerprint density at radius 2 is 2.41 bits per heavy atom. The first-order valence-corrected chi connectivity index (χ1v) is 6.68. The topological polar surface area (TPSA) is 64.3 Å². The predicted molar refractivity (Wildman–Crippen MR) is 70.6 cm³/mol. The minimum atomic E-state index is -0.110. The number of carbonyl (C=O) groups is 1. The predicted octanol–water partition coefficient (Wildman–Crippen LogP) is 1.51. The first kappa shape index (κ1) is 12.1. The summed E-state index contributed by atoms with van der Waals surface area (Å²) < 4.78 is 5.16. The zero-order chi connectivity index (χ0) is 12.3. The van der Waals surface area contributed by atoms with Gasteiger partial charge in [-0.05, 0) is 30.4 Å². The number of amides is 1. The number of ether oxygens (including phenoxy) is 1. The Kier molecular flexibility index (Phi) is 3.78. The van der Waals surface area contributed by atoms with E-state index in [4.69, 9.17) is 10.5 Å². The molecule has 1 aromatic rings. The van der Waals surface area contributed by atoms with Crippen molar-refractivity contribution < 1.29 is 9.53 Å². The average Bonchev–Trinajstić information content (AvgIpc) is 2.81. The van der Waals surface area contributed by atoms with Gasteiger partial charge in [-0.3, -0.25) is 4.79 Å². The van der Waals surface area contributed by atoms with E-state index in [1.807, 2.05) is 11.8 Å². The van der Waals surface area contributed by atoms with Crippen molar-refractivity contribution in [2.24, 2.45) is 0 Å². The quantitative estimate of drug-likeness (QED) is 0.800. The fourth-order valence-corrected chi connectivity index (χ4v) is 2.97. The van der Waals surface area contributed by atoms with Crippen LogP contribution in [0, 0.1) is 0 Å². The number of rotatable bonds is 3. The monoisotopic (exact) mass is 252 g/mol. The van der Waals surface area contributed by atoms with Gasteiger partial charge in [-0.25, -0.2) is 0 Å². The molecule has 0 saturated carbocycles. The number of nitrogen functional groups attached to an aromatic ring is 1. The van der Waals surface area contributed by atoms with Crippen molar-refractivity contribution in [2.75, 3.05) is 24.3 Å². The summed E-state index contributed by atoms with van der Waals surface area (Å²) in [5.41, 5.74) is 6.76. The zero-order valence-corrected chi connectivity index (χ0v) is 10.5. The van der Waals surface area contributed by atoms with Gasteiger partial charge in [0.2, 0.25) is 0 Å². The fourth-order valence-electron chi connectivity index (χ4n) is 1.81. The van der Waals surface area contributed by atoms with Crippen molar-refractivity contribution in [1.29, 1.82) is 0 Å². The van der Waals surface area contributed by atoms with Crippen LogP contribution in [0.2, 0.25) is 0 Å². The number of thioether (sulfide) groups is 1. The highest BCUT2D eigenvalue weighted by Gasteiger charge is 2.20. The second-order valence-corrected chi connectivity index (χ2v) is 5.14. The smallest absolute Gasteiger partial charge is 0.255 e. The number of nitrogens with one attached hydrogen (secondary N) is 1. The third kappa shape index (κ3) is 2.85. The number of anilines is 1. The first-order chi connectivity index (χ1) is 8.20. The molecule has 1 atom stereocenters. The van der Waals surface area contributed by atoms with E-state index in [0.717, 1.165) is 17.9 Å². The summed E-state index contributed by atoms with van der Waals surface area (Å²) in [5.74, 6) is 2.54.